The zero-order valence-electron chi connectivity index (χ0n) is 8.31. The van der Waals surface area contributed by atoms with Crippen LogP contribution >= 0.6 is 11.3 Å². The highest BCUT2D eigenvalue weighted by molar-refractivity contribution is 7.18. The summed E-state index contributed by atoms with van der Waals surface area (Å²) in [6.07, 6.45) is 0. The first kappa shape index (κ1) is 10.6. The Bertz CT molecular complexity index is 679. The number of fused-ring (bicyclic) bond motifs is 1. The highest BCUT2D eigenvalue weighted by atomic mass is 32.1. The van der Waals surface area contributed by atoms with Gasteiger partial charge in [-0.05, 0) is 13.0 Å². The molecule has 2 heterocycles. The maximum Gasteiger partial charge on any atom is 0.329 e. The number of aliphatic carboxylic acids is 1. The molecule has 0 aliphatic heterocycles. The van der Waals surface area contributed by atoms with E-state index in [2.05, 4.69) is 4.98 Å². The van der Waals surface area contributed by atoms with E-state index >= 15 is 0 Å². The van der Waals surface area contributed by atoms with E-state index in [0.29, 0.717) is 14.8 Å². The minimum atomic E-state index is -1.22. The van der Waals surface area contributed by atoms with E-state index in [1.807, 2.05) is 6.92 Å². The number of H-pyrrole nitrogens is 1. The van der Waals surface area contributed by atoms with Crippen LogP contribution in [0, 0.1) is 6.92 Å². The van der Waals surface area contributed by atoms with Gasteiger partial charge in [-0.25, -0.2) is 9.36 Å². The van der Waals surface area contributed by atoms with Crippen molar-refractivity contribution in [1.29, 1.82) is 0 Å². The third kappa shape index (κ3) is 1.65. The molecule has 2 aromatic rings. The summed E-state index contributed by atoms with van der Waals surface area (Å²) in [7, 11) is 0. The Morgan fingerprint density at radius 1 is 1.56 bits per heavy atom. The van der Waals surface area contributed by atoms with Crippen molar-refractivity contribution in [2.45, 2.75) is 13.5 Å². The zero-order chi connectivity index (χ0) is 11.9. The van der Waals surface area contributed by atoms with E-state index in [9.17, 15) is 14.4 Å². The molecule has 2 aromatic heterocycles. The fraction of sp³-hybridized carbons (Fsp3) is 0.222. The summed E-state index contributed by atoms with van der Waals surface area (Å²) in [5.74, 6) is -1.22. The Morgan fingerprint density at radius 2 is 2.25 bits per heavy atom. The molecule has 0 atom stereocenters. The van der Waals surface area contributed by atoms with E-state index in [0.717, 1.165) is 4.88 Å². The molecule has 0 unspecified atom stereocenters. The van der Waals surface area contributed by atoms with E-state index in [4.69, 9.17) is 5.11 Å². The summed E-state index contributed by atoms with van der Waals surface area (Å²) in [5, 5.41) is 8.93. The summed E-state index contributed by atoms with van der Waals surface area (Å²) in [6, 6.07) is 1.64. The lowest BCUT2D eigenvalue weighted by atomic mass is 10.3. The van der Waals surface area contributed by atoms with Gasteiger partial charge in [-0.2, -0.15) is 0 Å². The quantitative estimate of drug-likeness (QED) is 0.781. The summed E-state index contributed by atoms with van der Waals surface area (Å²) in [4.78, 5) is 37.6. The molecule has 0 aromatic carbocycles. The Kier molecular flexibility index (Phi) is 2.39. The smallest absolute Gasteiger partial charge is 0.329 e. The van der Waals surface area contributed by atoms with Crippen LogP contribution in [-0.4, -0.2) is 20.6 Å². The van der Waals surface area contributed by atoms with Crippen molar-refractivity contribution < 1.29 is 9.90 Å². The lowest BCUT2D eigenvalue weighted by Gasteiger charge is -1.99. The number of carbonyl (C=O) groups is 1. The summed E-state index contributed by atoms with van der Waals surface area (Å²) in [5.41, 5.74) is -1.26. The van der Waals surface area contributed by atoms with Crippen LogP contribution in [0.15, 0.2) is 15.7 Å². The number of hydrogen-bond donors (Lipinski definition) is 2. The van der Waals surface area contributed by atoms with Crippen LogP contribution in [0.3, 0.4) is 0 Å². The Labute approximate surface area is 92.8 Å². The van der Waals surface area contributed by atoms with Crippen molar-refractivity contribution in [2.75, 3.05) is 0 Å². The van der Waals surface area contributed by atoms with Gasteiger partial charge in [0.15, 0.2) is 0 Å². The number of hydrogen-bond acceptors (Lipinski definition) is 4. The number of aromatic amines is 1. The average Bonchev–Trinajstić information content (AvgIpc) is 2.53. The fourth-order valence-corrected chi connectivity index (χ4v) is 2.34. The Balaban J connectivity index is 2.80. The lowest BCUT2D eigenvalue weighted by molar-refractivity contribution is -0.137. The maximum atomic E-state index is 11.8. The molecule has 0 amide bonds. The molecule has 0 aliphatic carbocycles. The molecule has 6 nitrogen and oxygen atoms in total. The van der Waals surface area contributed by atoms with Gasteiger partial charge in [0, 0.05) is 4.88 Å². The SMILES string of the molecule is Cc1cc2c(=O)n(CC(=O)O)c(=O)[nH]c2s1. The van der Waals surface area contributed by atoms with Gasteiger partial charge in [0.25, 0.3) is 5.56 Å². The van der Waals surface area contributed by atoms with Gasteiger partial charge in [-0.15, -0.1) is 11.3 Å². The minimum absolute atomic E-state index is 0.350. The first-order chi connectivity index (χ1) is 7.49. The topological polar surface area (TPSA) is 92.2 Å². The van der Waals surface area contributed by atoms with Gasteiger partial charge in [0.1, 0.15) is 11.4 Å². The minimum Gasteiger partial charge on any atom is -0.480 e. The number of aromatic nitrogens is 2. The van der Waals surface area contributed by atoms with Crippen molar-refractivity contribution in [1.82, 2.24) is 9.55 Å². The highest BCUT2D eigenvalue weighted by Gasteiger charge is 2.11. The van der Waals surface area contributed by atoms with Crippen LogP contribution in [0.25, 0.3) is 10.2 Å². The number of rotatable bonds is 2. The van der Waals surface area contributed by atoms with Crippen LogP contribution in [0.2, 0.25) is 0 Å². The van der Waals surface area contributed by atoms with Crippen molar-refractivity contribution >= 4 is 27.5 Å². The summed E-state index contributed by atoms with van der Waals surface area (Å²) in [6.45, 7) is 1.18. The summed E-state index contributed by atoms with van der Waals surface area (Å²) >= 11 is 1.29. The molecule has 0 aliphatic rings. The molecular formula is C9H8N2O4S. The Hall–Kier alpha value is -1.89. The molecule has 0 saturated heterocycles. The van der Waals surface area contributed by atoms with E-state index < -0.39 is 23.8 Å². The molecule has 0 spiro atoms. The Morgan fingerprint density at radius 3 is 2.88 bits per heavy atom. The van der Waals surface area contributed by atoms with E-state index in [1.165, 1.54) is 11.3 Å². The second-order valence-electron chi connectivity index (χ2n) is 3.32. The monoisotopic (exact) mass is 240 g/mol. The normalized spacial score (nSPS) is 10.8. The molecule has 0 radical (unpaired) electrons. The maximum absolute atomic E-state index is 11.8. The fourth-order valence-electron chi connectivity index (χ4n) is 1.45. The first-order valence-electron chi connectivity index (χ1n) is 4.44. The third-order valence-corrected chi connectivity index (χ3v) is 3.06. The van der Waals surface area contributed by atoms with Crippen LogP contribution in [0.5, 0.6) is 0 Å². The predicted molar refractivity (Wildman–Crippen MR) is 59.1 cm³/mol. The van der Waals surface area contributed by atoms with Gasteiger partial charge >= 0.3 is 11.7 Å². The number of nitrogens with zero attached hydrogens (tertiary/aromatic N) is 1. The number of carboxylic acids is 1. The number of nitrogens with one attached hydrogen (secondary N) is 1. The molecule has 0 bridgehead atoms. The van der Waals surface area contributed by atoms with E-state index in [1.54, 1.807) is 6.07 Å². The second-order valence-corrected chi connectivity index (χ2v) is 4.57. The van der Waals surface area contributed by atoms with Gasteiger partial charge in [0.2, 0.25) is 0 Å². The van der Waals surface area contributed by atoms with Gasteiger partial charge in [-0.1, -0.05) is 0 Å². The highest BCUT2D eigenvalue weighted by Crippen LogP contribution is 2.18. The van der Waals surface area contributed by atoms with E-state index in [-0.39, 0.29) is 0 Å². The van der Waals surface area contributed by atoms with Crippen molar-refractivity contribution in [3.05, 3.63) is 31.8 Å². The van der Waals surface area contributed by atoms with Crippen LogP contribution in [0.4, 0.5) is 0 Å². The van der Waals surface area contributed by atoms with Crippen molar-refractivity contribution in [2.24, 2.45) is 0 Å². The largest absolute Gasteiger partial charge is 0.480 e. The van der Waals surface area contributed by atoms with Crippen LogP contribution in [-0.2, 0) is 11.3 Å². The molecule has 84 valence electrons. The molecule has 2 rings (SSSR count). The van der Waals surface area contributed by atoms with Gasteiger partial charge in [-0.3, -0.25) is 14.6 Å². The molecule has 7 heteroatoms. The predicted octanol–water partition coefficient (Wildman–Crippen LogP) is 0.144. The van der Waals surface area contributed by atoms with Gasteiger partial charge < -0.3 is 5.11 Å². The molecule has 16 heavy (non-hydrogen) atoms. The number of thiophene rings is 1. The average molecular weight is 240 g/mol. The standard InChI is InChI=1S/C9H8N2O4S/c1-4-2-5-7(16-4)10-9(15)11(8(5)14)3-6(12)13/h2H,3H2,1H3,(H,10,15)(H,12,13). The molecule has 0 fully saturated rings. The van der Waals surface area contributed by atoms with Crippen molar-refractivity contribution in [3.63, 3.8) is 0 Å². The lowest BCUT2D eigenvalue weighted by Crippen LogP contribution is -2.36. The third-order valence-electron chi connectivity index (χ3n) is 2.09. The second kappa shape index (κ2) is 3.60. The molecular weight excluding hydrogens is 232 g/mol. The molecule has 2 N–H and O–H groups in total. The van der Waals surface area contributed by atoms with Crippen LogP contribution in [0.1, 0.15) is 4.88 Å². The summed E-state index contributed by atoms with van der Waals surface area (Å²) < 4.78 is 0.677. The number of aryl methyl sites for hydroxylation is 1. The zero-order valence-corrected chi connectivity index (χ0v) is 9.13. The number of carboxylic acid groups (broad SMARTS) is 1. The van der Waals surface area contributed by atoms with Crippen molar-refractivity contribution in [3.8, 4) is 0 Å². The molecule has 0 saturated carbocycles. The van der Waals surface area contributed by atoms with Crippen LogP contribution < -0.4 is 11.2 Å². The first-order valence-corrected chi connectivity index (χ1v) is 5.26. The van der Waals surface area contributed by atoms with Gasteiger partial charge in [0.05, 0.1) is 5.39 Å².